The maximum Gasteiger partial charge on any atom is 0.243 e. The number of para-hydroxylation sites is 2. The second-order valence-electron chi connectivity index (χ2n) is 6.19. The van der Waals surface area contributed by atoms with Crippen molar-refractivity contribution in [2.75, 3.05) is 11.9 Å². The number of amides is 2. The number of hydrogen-bond acceptors (Lipinski definition) is 3. The van der Waals surface area contributed by atoms with E-state index in [-0.39, 0.29) is 24.3 Å². The first kappa shape index (κ1) is 15.4. The highest BCUT2D eigenvalue weighted by molar-refractivity contribution is 5.95. The molecule has 1 aliphatic carbocycles. The summed E-state index contributed by atoms with van der Waals surface area (Å²) in [5.41, 5.74) is 3.63. The summed E-state index contributed by atoms with van der Waals surface area (Å²) in [5.74, 6) is -0.149. The second-order valence-corrected chi connectivity index (χ2v) is 6.19. The molecule has 25 heavy (non-hydrogen) atoms. The molecule has 6 heteroatoms. The number of fused-ring (bicyclic) bond motifs is 1. The maximum atomic E-state index is 11.9. The molecular weight excluding hydrogens is 316 g/mol. The van der Waals surface area contributed by atoms with Crippen molar-refractivity contribution in [1.82, 2.24) is 14.9 Å². The molecule has 0 atom stereocenters. The van der Waals surface area contributed by atoms with E-state index in [1.807, 2.05) is 53.1 Å². The number of benzene rings is 2. The van der Waals surface area contributed by atoms with Crippen LogP contribution in [0.4, 0.5) is 5.69 Å². The van der Waals surface area contributed by atoms with Crippen LogP contribution in [0.3, 0.4) is 0 Å². The molecule has 2 N–H and O–H groups in total. The molecule has 1 saturated carbocycles. The van der Waals surface area contributed by atoms with Crippen LogP contribution in [0, 0.1) is 5.92 Å². The summed E-state index contributed by atoms with van der Waals surface area (Å²) in [4.78, 5) is 27.8. The van der Waals surface area contributed by atoms with Crippen molar-refractivity contribution in [3.8, 4) is 5.69 Å². The summed E-state index contributed by atoms with van der Waals surface area (Å²) >= 11 is 0. The van der Waals surface area contributed by atoms with Crippen molar-refractivity contribution in [1.29, 1.82) is 0 Å². The Labute approximate surface area is 144 Å². The number of aromatic nitrogens is 2. The molecule has 0 saturated heterocycles. The minimum Gasteiger partial charge on any atom is -0.347 e. The number of rotatable bonds is 5. The van der Waals surface area contributed by atoms with Crippen LogP contribution in [0.1, 0.15) is 12.8 Å². The van der Waals surface area contributed by atoms with E-state index in [0.29, 0.717) is 5.69 Å². The van der Waals surface area contributed by atoms with Gasteiger partial charge in [-0.25, -0.2) is 4.98 Å². The average Bonchev–Trinajstić information content (AvgIpc) is 3.40. The largest absolute Gasteiger partial charge is 0.347 e. The topological polar surface area (TPSA) is 76.0 Å². The molecule has 1 aromatic heterocycles. The van der Waals surface area contributed by atoms with Crippen LogP contribution in [0.15, 0.2) is 54.9 Å². The highest BCUT2D eigenvalue weighted by Gasteiger charge is 2.29. The van der Waals surface area contributed by atoms with Gasteiger partial charge in [0.15, 0.2) is 0 Å². The van der Waals surface area contributed by atoms with E-state index >= 15 is 0 Å². The molecule has 0 radical (unpaired) electrons. The quantitative estimate of drug-likeness (QED) is 0.753. The highest BCUT2D eigenvalue weighted by atomic mass is 16.2. The summed E-state index contributed by atoms with van der Waals surface area (Å²) in [6.45, 7) is 0.00322. The average molecular weight is 334 g/mol. The zero-order valence-corrected chi connectivity index (χ0v) is 13.6. The monoisotopic (exact) mass is 334 g/mol. The molecule has 126 valence electrons. The molecular formula is C19H18N4O2. The standard InChI is InChI=1S/C19H18N4O2/c24-18(11-20-19(25)13-5-6-13)22-14-7-9-15(10-8-14)23-12-21-16-3-1-2-4-17(16)23/h1-4,7-10,12-13H,5-6,11H2,(H,20,25)(H,22,24). The van der Waals surface area contributed by atoms with E-state index in [1.165, 1.54) is 0 Å². The van der Waals surface area contributed by atoms with Gasteiger partial charge in [0, 0.05) is 17.3 Å². The molecule has 0 aliphatic heterocycles. The van der Waals surface area contributed by atoms with E-state index in [1.54, 1.807) is 6.33 Å². The highest BCUT2D eigenvalue weighted by Crippen LogP contribution is 2.28. The van der Waals surface area contributed by atoms with E-state index < -0.39 is 0 Å². The van der Waals surface area contributed by atoms with Crippen LogP contribution >= 0.6 is 0 Å². The number of hydrogen-bond donors (Lipinski definition) is 2. The van der Waals surface area contributed by atoms with E-state index in [2.05, 4.69) is 15.6 Å². The van der Waals surface area contributed by atoms with E-state index in [4.69, 9.17) is 0 Å². The van der Waals surface area contributed by atoms with Gasteiger partial charge in [0.1, 0.15) is 6.33 Å². The summed E-state index contributed by atoms with van der Waals surface area (Å²) in [6.07, 6.45) is 3.64. The molecule has 2 amide bonds. The van der Waals surface area contributed by atoms with Crippen molar-refractivity contribution in [3.05, 3.63) is 54.9 Å². The first-order chi connectivity index (χ1) is 12.2. The Morgan fingerprint density at radius 1 is 1.08 bits per heavy atom. The lowest BCUT2D eigenvalue weighted by Gasteiger charge is -2.08. The normalized spacial score (nSPS) is 13.6. The lowest BCUT2D eigenvalue weighted by atomic mass is 10.2. The van der Waals surface area contributed by atoms with E-state index in [9.17, 15) is 9.59 Å². The van der Waals surface area contributed by atoms with Gasteiger partial charge in [0.25, 0.3) is 0 Å². The van der Waals surface area contributed by atoms with E-state index in [0.717, 1.165) is 29.6 Å². The molecule has 0 spiro atoms. The van der Waals surface area contributed by atoms with Crippen LogP contribution in [-0.2, 0) is 9.59 Å². The van der Waals surface area contributed by atoms with Crippen LogP contribution in [0.2, 0.25) is 0 Å². The Balaban J connectivity index is 1.41. The lowest BCUT2D eigenvalue weighted by Crippen LogP contribution is -2.33. The van der Waals surface area contributed by atoms with Gasteiger partial charge in [-0.15, -0.1) is 0 Å². The Morgan fingerprint density at radius 3 is 2.60 bits per heavy atom. The van der Waals surface area contributed by atoms with Gasteiger partial charge in [-0.2, -0.15) is 0 Å². The third-order valence-electron chi connectivity index (χ3n) is 4.25. The number of carbonyl (C=O) groups excluding carboxylic acids is 2. The molecule has 3 aromatic rings. The zero-order chi connectivity index (χ0) is 17.2. The molecule has 6 nitrogen and oxygen atoms in total. The fourth-order valence-corrected chi connectivity index (χ4v) is 2.73. The van der Waals surface area contributed by atoms with Gasteiger partial charge in [-0.3, -0.25) is 14.2 Å². The molecule has 1 aliphatic rings. The Bertz CT molecular complexity index is 926. The van der Waals surface area contributed by atoms with Crippen molar-refractivity contribution in [2.24, 2.45) is 5.92 Å². The predicted octanol–water partition coefficient (Wildman–Crippen LogP) is 2.49. The number of anilines is 1. The van der Waals surface area contributed by atoms with Gasteiger partial charge in [0.2, 0.25) is 11.8 Å². The molecule has 0 unspecified atom stereocenters. The zero-order valence-electron chi connectivity index (χ0n) is 13.6. The Kier molecular flexibility index (Phi) is 3.93. The fraction of sp³-hybridized carbons (Fsp3) is 0.211. The predicted molar refractivity (Wildman–Crippen MR) is 95.4 cm³/mol. The Morgan fingerprint density at radius 2 is 1.84 bits per heavy atom. The summed E-state index contributed by atoms with van der Waals surface area (Å²) < 4.78 is 2.00. The molecule has 1 heterocycles. The smallest absolute Gasteiger partial charge is 0.243 e. The third-order valence-corrected chi connectivity index (χ3v) is 4.25. The van der Waals surface area contributed by atoms with Crippen molar-refractivity contribution in [3.63, 3.8) is 0 Å². The van der Waals surface area contributed by atoms with Crippen molar-refractivity contribution >= 4 is 28.5 Å². The minimum atomic E-state index is -0.227. The van der Waals surface area contributed by atoms with Crippen LogP contribution in [0.5, 0.6) is 0 Å². The molecule has 0 bridgehead atoms. The van der Waals surface area contributed by atoms with Gasteiger partial charge in [0.05, 0.1) is 17.6 Å². The van der Waals surface area contributed by atoms with Gasteiger partial charge < -0.3 is 10.6 Å². The van der Waals surface area contributed by atoms with Crippen molar-refractivity contribution in [2.45, 2.75) is 12.8 Å². The second kappa shape index (κ2) is 6.39. The van der Waals surface area contributed by atoms with Gasteiger partial charge in [-0.1, -0.05) is 12.1 Å². The van der Waals surface area contributed by atoms with Crippen LogP contribution in [-0.4, -0.2) is 27.9 Å². The summed E-state index contributed by atoms with van der Waals surface area (Å²) in [6, 6.07) is 15.4. The van der Waals surface area contributed by atoms with Crippen molar-refractivity contribution < 1.29 is 9.59 Å². The molecule has 4 rings (SSSR count). The molecule has 2 aromatic carbocycles. The SMILES string of the molecule is O=C(CNC(=O)C1CC1)Nc1ccc(-n2cnc3ccccc32)cc1. The molecule has 1 fully saturated rings. The number of carbonyl (C=O) groups is 2. The maximum absolute atomic E-state index is 11.9. The fourth-order valence-electron chi connectivity index (χ4n) is 2.73. The number of nitrogens with one attached hydrogen (secondary N) is 2. The summed E-state index contributed by atoms with van der Waals surface area (Å²) in [7, 11) is 0. The lowest BCUT2D eigenvalue weighted by molar-refractivity contribution is -0.125. The minimum absolute atomic E-state index is 0.00322. The van der Waals surface area contributed by atoms with Gasteiger partial charge >= 0.3 is 0 Å². The summed E-state index contributed by atoms with van der Waals surface area (Å²) in [5, 5.41) is 5.44. The van der Waals surface area contributed by atoms with Crippen LogP contribution in [0.25, 0.3) is 16.7 Å². The van der Waals surface area contributed by atoms with Crippen LogP contribution < -0.4 is 10.6 Å². The third kappa shape index (κ3) is 3.38. The first-order valence-corrected chi connectivity index (χ1v) is 8.31. The first-order valence-electron chi connectivity index (χ1n) is 8.31. The van der Waals surface area contributed by atoms with Gasteiger partial charge in [-0.05, 0) is 49.2 Å². The Hall–Kier alpha value is -3.15. The number of nitrogens with zero attached hydrogens (tertiary/aromatic N) is 2. The number of imidazole rings is 1.